The molecule has 0 saturated heterocycles. The standard InChI is InChI=1S/C7H11N2.Rb/c1-5(2)7-8-4-6(3)9-7;/h4-5H,1-3H3;/q-1;+1. The van der Waals surface area contributed by atoms with Crippen LogP contribution in [-0.4, -0.2) is 4.98 Å². The van der Waals surface area contributed by atoms with Gasteiger partial charge in [0.15, 0.2) is 0 Å². The Labute approximate surface area is 111 Å². The molecule has 0 aliphatic heterocycles. The van der Waals surface area contributed by atoms with Gasteiger partial charge >= 0.3 is 58.2 Å². The van der Waals surface area contributed by atoms with E-state index in [1.54, 1.807) is 6.20 Å². The molecule has 0 radical (unpaired) electrons. The van der Waals surface area contributed by atoms with E-state index in [0.29, 0.717) is 5.92 Å². The predicted octanol–water partition coefficient (Wildman–Crippen LogP) is -1.53. The molecular formula is C7H11N2Rb. The van der Waals surface area contributed by atoms with Crippen LogP contribution in [0.3, 0.4) is 0 Å². The topological polar surface area (TPSA) is 27.0 Å². The number of rotatable bonds is 1. The van der Waals surface area contributed by atoms with Gasteiger partial charge in [-0.3, -0.25) is 0 Å². The van der Waals surface area contributed by atoms with Gasteiger partial charge in [-0.05, 0) is 12.8 Å². The van der Waals surface area contributed by atoms with Crippen LogP contribution in [0.15, 0.2) is 6.20 Å². The van der Waals surface area contributed by atoms with Crippen LogP contribution in [0.25, 0.3) is 0 Å². The summed E-state index contributed by atoms with van der Waals surface area (Å²) in [5.41, 5.74) is 1.01. The maximum atomic E-state index is 4.20. The molecule has 0 bridgehead atoms. The fraction of sp³-hybridized carbons (Fsp3) is 0.571. The summed E-state index contributed by atoms with van der Waals surface area (Å²) in [4.78, 5) is 8.30. The Morgan fingerprint density at radius 2 is 2.10 bits per heavy atom. The van der Waals surface area contributed by atoms with Crippen LogP contribution in [0.2, 0.25) is 0 Å². The molecule has 0 saturated carbocycles. The quantitative estimate of drug-likeness (QED) is 0.560. The molecule has 1 aromatic heterocycles. The normalized spacial score (nSPS) is 9.60. The third kappa shape index (κ3) is 2.95. The van der Waals surface area contributed by atoms with Gasteiger partial charge in [-0.15, -0.1) is 0 Å². The summed E-state index contributed by atoms with van der Waals surface area (Å²) in [6, 6.07) is 0. The van der Waals surface area contributed by atoms with Crippen LogP contribution in [0.5, 0.6) is 0 Å². The zero-order valence-electron chi connectivity index (χ0n) is 7.05. The summed E-state index contributed by atoms with van der Waals surface area (Å²) < 4.78 is 0. The van der Waals surface area contributed by atoms with E-state index in [2.05, 4.69) is 23.8 Å². The number of aromatic nitrogens is 2. The molecule has 0 aliphatic rings. The maximum Gasteiger partial charge on any atom is 1.00 e. The van der Waals surface area contributed by atoms with Crippen LogP contribution < -0.4 is 63.2 Å². The number of imidazole rings is 1. The van der Waals surface area contributed by atoms with Crippen LogP contribution in [-0.2, 0) is 0 Å². The molecule has 0 atom stereocenters. The van der Waals surface area contributed by atoms with Gasteiger partial charge in [0.2, 0.25) is 0 Å². The molecule has 50 valence electrons. The van der Waals surface area contributed by atoms with Gasteiger partial charge in [-0.2, -0.15) is 0 Å². The number of hydrogen-bond acceptors (Lipinski definition) is 1. The first kappa shape index (κ1) is 11.0. The van der Waals surface area contributed by atoms with E-state index < -0.39 is 0 Å². The number of aryl methyl sites for hydroxylation is 1. The number of hydrogen-bond donors (Lipinski definition) is 0. The average Bonchev–Trinajstić information content (AvgIpc) is 2.14. The fourth-order valence-corrected chi connectivity index (χ4v) is 0.676. The van der Waals surface area contributed by atoms with Crippen LogP contribution in [0, 0.1) is 6.92 Å². The van der Waals surface area contributed by atoms with Crippen molar-refractivity contribution in [1.82, 2.24) is 9.97 Å². The second-order valence-corrected chi connectivity index (χ2v) is 2.52. The smallest absolute Gasteiger partial charge is 0.446 e. The summed E-state index contributed by atoms with van der Waals surface area (Å²) >= 11 is 0. The van der Waals surface area contributed by atoms with E-state index in [1.165, 1.54) is 0 Å². The monoisotopic (exact) mass is 208 g/mol. The van der Waals surface area contributed by atoms with E-state index in [0.717, 1.165) is 11.5 Å². The van der Waals surface area contributed by atoms with Crippen molar-refractivity contribution in [3.63, 3.8) is 0 Å². The minimum atomic E-state index is 0. The zero-order chi connectivity index (χ0) is 6.85. The molecule has 0 fully saturated rings. The Hall–Kier alpha value is 1.02. The van der Waals surface area contributed by atoms with Gasteiger partial charge in [0.1, 0.15) is 0 Å². The summed E-state index contributed by atoms with van der Waals surface area (Å²) in [5.74, 6) is 1.41. The van der Waals surface area contributed by atoms with Crippen molar-refractivity contribution in [2.75, 3.05) is 0 Å². The van der Waals surface area contributed by atoms with E-state index in [-0.39, 0.29) is 58.2 Å². The third-order valence-electron chi connectivity index (χ3n) is 1.19. The minimum Gasteiger partial charge on any atom is -0.446 e. The molecular weight excluding hydrogens is 198 g/mol. The molecule has 0 spiro atoms. The molecule has 10 heavy (non-hydrogen) atoms. The van der Waals surface area contributed by atoms with Crippen molar-refractivity contribution in [1.29, 1.82) is 0 Å². The third-order valence-corrected chi connectivity index (χ3v) is 1.19. The van der Waals surface area contributed by atoms with Gasteiger partial charge < -0.3 is 9.97 Å². The Morgan fingerprint density at radius 1 is 1.50 bits per heavy atom. The van der Waals surface area contributed by atoms with Crippen molar-refractivity contribution >= 4 is 0 Å². The first-order valence-electron chi connectivity index (χ1n) is 3.16. The largest absolute Gasteiger partial charge is 1.00 e. The van der Waals surface area contributed by atoms with Crippen molar-refractivity contribution in [2.24, 2.45) is 0 Å². The zero-order valence-corrected chi connectivity index (χ0v) is 12.0. The van der Waals surface area contributed by atoms with E-state index in [1.807, 2.05) is 6.92 Å². The van der Waals surface area contributed by atoms with E-state index in [9.17, 15) is 0 Å². The molecule has 1 rings (SSSR count). The Bertz CT molecular complexity index is 193. The Balaban J connectivity index is 0.000000810. The molecule has 0 unspecified atom stereocenters. The Morgan fingerprint density at radius 3 is 2.30 bits per heavy atom. The Kier molecular flexibility index (Phi) is 5.29. The van der Waals surface area contributed by atoms with Crippen LogP contribution in [0.1, 0.15) is 31.3 Å². The summed E-state index contributed by atoms with van der Waals surface area (Å²) in [7, 11) is 0. The maximum absolute atomic E-state index is 4.20. The second-order valence-electron chi connectivity index (χ2n) is 2.52. The molecule has 1 heterocycles. The SMILES string of the molecule is Cc1c[n-]c(C(C)C)n1.[Rb+]. The van der Waals surface area contributed by atoms with Gasteiger partial charge in [0.05, 0.1) is 0 Å². The molecule has 2 nitrogen and oxygen atoms in total. The summed E-state index contributed by atoms with van der Waals surface area (Å²) in [6.07, 6.45) is 1.80. The van der Waals surface area contributed by atoms with Gasteiger partial charge in [-0.25, -0.2) is 0 Å². The number of nitrogens with zero attached hydrogens (tertiary/aromatic N) is 2. The molecule has 0 aliphatic carbocycles. The van der Waals surface area contributed by atoms with Crippen molar-refractivity contribution in [3.05, 3.63) is 17.7 Å². The molecule has 1 aromatic rings. The van der Waals surface area contributed by atoms with Crippen molar-refractivity contribution in [2.45, 2.75) is 26.7 Å². The first-order chi connectivity index (χ1) is 4.20. The minimum absolute atomic E-state index is 0. The first-order valence-corrected chi connectivity index (χ1v) is 3.16. The van der Waals surface area contributed by atoms with E-state index >= 15 is 0 Å². The average molecular weight is 209 g/mol. The molecule has 0 amide bonds. The molecule has 3 heteroatoms. The van der Waals surface area contributed by atoms with E-state index in [4.69, 9.17) is 0 Å². The fourth-order valence-electron chi connectivity index (χ4n) is 0.676. The van der Waals surface area contributed by atoms with Gasteiger partial charge in [0.25, 0.3) is 0 Å². The van der Waals surface area contributed by atoms with Gasteiger partial charge in [0, 0.05) is 0 Å². The summed E-state index contributed by atoms with van der Waals surface area (Å²) in [5, 5.41) is 0. The van der Waals surface area contributed by atoms with Crippen molar-refractivity contribution in [3.8, 4) is 0 Å². The molecule has 0 N–H and O–H groups in total. The second kappa shape index (κ2) is 4.81. The van der Waals surface area contributed by atoms with Gasteiger partial charge in [-0.1, -0.05) is 31.6 Å². The molecule has 0 aromatic carbocycles. The van der Waals surface area contributed by atoms with Crippen LogP contribution in [0.4, 0.5) is 0 Å². The van der Waals surface area contributed by atoms with Crippen LogP contribution >= 0.6 is 0 Å². The van der Waals surface area contributed by atoms with Crippen molar-refractivity contribution < 1.29 is 58.2 Å². The summed E-state index contributed by atoms with van der Waals surface area (Å²) in [6.45, 7) is 6.14. The predicted molar refractivity (Wildman–Crippen MR) is 36.4 cm³/mol.